The molecule has 0 saturated heterocycles. The van der Waals surface area contributed by atoms with Crippen molar-refractivity contribution in [3.63, 3.8) is 0 Å². The first kappa shape index (κ1) is 19.5. The van der Waals surface area contributed by atoms with Gasteiger partial charge in [-0.2, -0.15) is 0 Å². The van der Waals surface area contributed by atoms with Crippen LogP contribution < -0.4 is 5.32 Å². The Hall–Kier alpha value is -3.48. The van der Waals surface area contributed by atoms with Gasteiger partial charge in [-0.3, -0.25) is 0 Å². The molecule has 1 fully saturated rings. The fourth-order valence-electron chi connectivity index (χ4n) is 4.55. The average molecular weight is 417 g/mol. The van der Waals surface area contributed by atoms with Crippen LogP contribution in [0.5, 0.6) is 0 Å². The van der Waals surface area contributed by atoms with Gasteiger partial charge in [0.25, 0.3) is 0 Å². The molecule has 31 heavy (non-hydrogen) atoms. The van der Waals surface area contributed by atoms with Gasteiger partial charge in [-0.05, 0) is 74.1 Å². The maximum atomic E-state index is 13.5. The highest BCUT2D eigenvalue weighted by Gasteiger charge is 2.28. The maximum absolute atomic E-state index is 13.5. The van der Waals surface area contributed by atoms with Crippen molar-refractivity contribution in [3.05, 3.63) is 72.7 Å². The zero-order valence-electron chi connectivity index (χ0n) is 17.4. The van der Waals surface area contributed by atoms with Gasteiger partial charge in [0.05, 0.1) is 12.0 Å². The summed E-state index contributed by atoms with van der Waals surface area (Å²) in [5.74, 6) is 1.67. The molecule has 7 heteroatoms. The first-order valence-electron chi connectivity index (χ1n) is 10.7. The summed E-state index contributed by atoms with van der Waals surface area (Å²) in [7, 11) is 1.84. The Bertz CT molecular complexity index is 1140. The van der Waals surface area contributed by atoms with Crippen molar-refractivity contribution in [2.24, 2.45) is 0 Å². The van der Waals surface area contributed by atoms with Crippen LogP contribution in [-0.4, -0.2) is 31.6 Å². The third-order valence-electron chi connectivity index (χ3n) is 6.19. The molecule has 0 bridgehead atoms. The van der Waals surface area contributed by atoms with E-state index in [1.54, 1.807) is 18.3 Å². The van der Waals surface area contributed by atoms with Gasteiger partial charge in [0.15, 0.2) is 5.82 Å². The highest BCUT2D eigenvalue weighted by Crippen LogP contribution is 2.41. The number of hydrogen-bond donors (Lipinski definition) is 2. The smallest absolute Gasteiger partial charge is 0.180 e. The summed E-state index contributed by atoms with van der Waals surface area (Å²) >= 11 is 0. The highest BCUT2D eigenvalue weighted by atomic mass is 19.1. The predicted octanol–water partition coefficient (Wildman–Crippen LogP) is 5.41. The molecule has 0 amide bonds. The Balaban J connectivity index is 1.52. The van der Waals surface area contributed by atoms with E-state index >= 15 is 0 Å². The van der Waals surface area contributed by atoms with Gasteiger partial charge in [0.2, 0.25) is 0 Å². The second kappa shape index (κ2) is 8.34. The minimum absolute atomic E-state index is 0.263. The van der Waals surface area contributed by atoms with Crippen LogP contribution in [0.2, 0.25) is 0 Å². The SMILES string of the molecule is CNc1ccnc(-c2c(-c3ccc(F)cc3)ncn2C2CCC(c3ccc[nH]3)CC2)n1. The standard InChI is InChI=1S/C24H25FN6/c1-26-21-12-14-28-24(30-21)23-22(17-4-8-18(25)9-5-17)29-15-31(23)19-10-6-16(7-11-19)20-3-2-13-27-20/h2-5,8-9,12-16,19,27H,6-7,10-11H2,1H3,(H,26,28,30). The summed E-state index contributed by atoms with van der Waals surface area (Å²) in [5.41, 5.74) is 3.84. The van der Waals surface area contributed by atoms with Crippen LogP contribution in [0.25, 0.3) is 22.8 Å². The fourth-order valence-corrected chi connectivity index (χ4v) is 4.55. The number of aromatic amines is 1. The number of rotatable bonds is 5. The molecular formula is C24H25FN6. The summed E-state index contributed by atoms with van der Waals surface area (Å²) in [5, 5.41) is 3.08. The number of anilines is 1. The predicted molar refractivity (Wildman–Crippen MR) is 119 cm³/mol. The van der Waals surface area contributed by atoms with Crippen LogP contribution in [0.15, 0.2) is 61.2 Å². The zero-order valence-corrected chi connectivity index (χ0v) is 17.4. The minimum atomic E-state index is -0.263. The molecule has 1 saturated carbocycles. The average Bonchev–Trinajstić information content (AvgIpc) is 3.50. The van der Waals surface area contributed by atoms with Gasteiger partial charge in [-0.15, -0.1) is 0 Å². The van der Waals surface area contributed by atoms with Gasteiger partial charge in [0, 0.05) is 36.7 Å². The van der Waals surface area contributed by atoms with Gasteiger partial charge in [0.1, 0.15) is 17.3 Å². The molecule has 0 radical (unpaired) electrons. The van der Waals surface area contributed by atoms with Gasteiger partial charge < -0.3 is 14.9 Å². The van der Waals surface area contributed by atoms with E-state index in [0.717, 1.165) is 48.5 Å². The summed E-state index contributed by atoms with van der Waals surface area (Å²) in [6, 6.07) is 12.8. The second-order valence-corrected chi connectivity index (χ2v) is 8.00. The number of H-pyrrole nitrogens is 1. The van der Waals surface area contributed by atoms with E-state index in [4.69, 9.17) is 4.98 Å². The number of halogens is 1. The van der Waals surface area contributed by atoms with Crippen molar-refractivity contribution in [3.8, 4) is 22.8 Å². The van der Waals surface area contributed by atoms with Crippen LogP contribution in [-0.2, 0) is 0 Å². The molecule has 0 atom stereocenters. The minimum Gasteiger partial charge on any atom is -0.373 e. The Kier molecular flexibility index (Phi) is 5.24. The number of benzene rings is 1. The molecule has 2 N–H and O–H groups in total. The van der Waals surface area contributed by atoms with Crippen LogP contribution >= 0.6 is 0 Å². The monoisotopic (exact) mass is 416 g/mol. The summed E-state index contributed by atoms with van der Waals surface area (Å²) in [4.78, 5) is 17.3. The summed E-state index contributed by atoms with van der Waals surface area (Å²) in [6.45, 7) is 0. The Morgan fingerprint density at radius 2 is 1.84 bits per heavy atom. The lowest BCUT2D eigenvalue weighted by Gasteiger charge is -2.30. The van der Waals surface area contributed by atoms with Gasteiger partial charge in [-0.25, -0.2) is 19.3 Å². The van der Waals surface area contributed by atoms with Crippen molar-refractivity contribution in [2.75, 3.05) is 12.4 Å². The largest absolute Gasteiger partial charge is 0.373 e. The van der Waals surface area contributed by atoms with Gasteiger partial charge >= 0.3 is 0 Å². The van der Waals surface area contributed by atoms with Crippen LogP contribution in [0.1, 0.15) is 43.3 Å². The zero-order chi connectivity index (χ0) is 21.2. The number of imidazole rings is 1. The van der Waals surface area contributed by atoms with Crippen molar-refractivity contribution < 1.29 is 4.39 Å². The molecule has 5 rings (SSSR count). The first-order valence-corrected chi connectivity index (χ1v) is 10.7. The third kappa shape index (κ3) is 3.83. The van der Waals surface area contributed by atoms with Crippen molar-refractivity contribution >= 4 is 5.82 Å². The van der Waals surface area contributed by atoms with E-state index in [9.17, 15) is 4.39 Å². The van der Waals surface area contributed by atoms with Crippen LogP contribution in [0, 0.1) is 5.82 Å². The Labute approximate surface area is 180 Å². The molecule has 158 valence electrons. The lowest BCUT2D eigenvalue weighted by atomic mass is 9.84. The van der Waals surface area contributed by atoms with Gasteiger partial charge in [-0.1, -0.05) is 0 Å². The van der Waals surface area contributed by atoms with Crippen LogP contribution in [0.3, 0.4) is 0 Å². The maximum Gasteiger partial charge on any atom is 0.180 e. The lowest BCUT2D eigenvalue weighted by Crippen LogP contribution is -2.18. The molecule has 3 aromatic heterocycles. The molecule has 6 nitrogen and oxygen atoms in total. The summed E-state index contributed by atoms with van der Waals surface area (Å²) in [6.07, 6.45) is 9.99. The number of nitrogens with one attached hydrogen (secondary N) is 2. The molecule has 0 aliphatic heterocycles. The van der Waals surface area contributed by atoms with E-state index in [1.165, 1.54) is 17.8 Å². The molecule has 1 aromatic carbocycles. The topological polar surface area (TPSA) is 71.4 Å². The molecule has 0 unspecified atom stereocenters. The number of nitrogens with zero attached hydrogens (tertiary/aromatic N) is 4. The van der Waals surface area contributed by atoms with Crippen LogP contribution in [0.4, 0.5) is 10.2 Å². The lowest BCUT2D eigenvalue weighted by molar-refractivity contribution is 0.322. The quantitative estimate of drug-likeness (QED) is 0.456. The molecule has 3 heterocycles. The van der Waals surface area contributed by atoms with E-state index in [0.29, 0.717) is 17.8 Å². The van der Waals surface area contributed by atoms with Crippen molar-refractivity contribution in [1.82, 2.24) is 24.5 Å². The first-order chi connectivity index (χ1) is 15.2. The molecule has 1 aliphatic carbocycles. The fraction of sp³-hybridized carbons (Fsp3) is 0.292. The Morgan fingerprint density at radius 3 is 2.55 bits per heavy atom. The number of aromatic nitrogens is 5. The normalized spacial score (nSPS) is 18.8. The molecular weight excluding hydrogens is 391 g/mol. The van der Waals surface area contributed by atoms with E-state index in [1.807, 2.05) is 25.6 Å². The van der Waals surface area contributed by atoms with E-state index in [-0.39, 0.29) is 5.82 Å². The van der Waals surface area contributed by atoms with E-state index < -0.39 is 0 Å². The second-order valence-electron chi connectivity index (χ2n) is 8.00. The summed E-state index contributed by atoms with van der Waals surface area (Å²) < 4.78 is 15.7. The highest BCUT2D eigenvalue weighted by molar-refractivity contribution is 5.75. The number of hydrogen-bond acceptors (Lipinski definition) is 4. The van der Waals surface area contributed by atoms with Crippen molar-refractivity contribution in [1.29, 1.82) is 0 Å². The van der Waals surface area contributed by atoms with Crippen molar-refractivity contribution in [2.45, 2.75) is 37.6 Å². The molecule has 0 spiro atoms. The third-order valence-corrected chi connectivity index (χ3v) is 6.19. The van der Waals surface area contributed by atoms with E-state index in [2.05, 4.69) is 37.0 Å². The molecule has 1 aliphatic rings. The molecule has 4 aromatic rings. The Morgan fingerprint density at radius 1 is 1.03 bits per heavy atom.